The van der Waals surface area contributed by atoms with E-state index in [0.717, 1.165) is 80.7 Å². The molecule has 8 heteroatoms. The summed E-state index contributed by atoms with van der Waals surface area (Å²) in [6.45, 7) is 3.71. The van der Waals surface area contributed by atoms with Crippen LogP contribution in [0.25, 0.3) is 10.2 Å². The average Bonchev–Trinajstić information content (AvgIpc) is 3.44. The Balaban J connectivity index is 1.34. The van der Waals surface area contributed by atoms with E-state index in [9.17, 15) is 9.59 Å². The molecule has 154 valence electrons. The zero-order valence-corrected chi connectivity index (χ0v) is 17.5. The number of carbonyl (C=O) groups excluding carboxylic acids is 2. The summed E-state index contributed by atoms with van der Waals surface area (Å²) in [5.41, 5.74) is 0.816. The second-order valence-electron chi connectivity index (χ2n) is 8.46. The fourth-order valence-corrected chi connectivity index (χ4v) is 6.11. The van der Waals surface area contributed by atoms with Crippen LogP contribution in [0, 0.1) is 0 Å². The number of rotatable bonds is 3. The van der Waals surface area contributed by atoms with Gasteiger partial charge in [-0.15, -0.1) is 11.3 Å². The van der Waals surface area contributed by atoms with Gasteiger partial charge >= 0.3 is 0 Å². The van der Waals surface area contributed by atoms with Crippen LogP contribution < -0.4 is 4.90 Å². The van der Waals surface area contributed by atoms with Crippen LogP contribution >= 0.6 is 11.3 Å². The van der Waals surface area contributed by atoms with Crippen LogP contribution in [0.5, 0.6) is 0 Å². The SMILES string of the molecule is O=C(CN1C(=O)CC[C@]12CCCN(c1ncnc3ccsc13)CC2)N1CCCC1. The lowest BCUT2D eigenvalue weighted by Crippen LogP contribution is -2.51. The van der Waals surface area contributed by atoms with Gasteiger partial charge in [0.05, 0.1) is 10.2 Å². The quantitative estimate of drug-likeness (QED) is 0.774. The lowest BCUT2D eigenvalue weighted by Gasteiger charge is -2.38. The standard InChI is InChI=1S/C21H27N5O2S/c27-17-4-7-21(26(17)14-18(28)24-9-1-2-10-24)6-3-11-25(12-8-21)20-19-16(5-13-29-19)22-15-23-20/h5,13,15H,1-4,6-12,14H2/t21-/m0/s1. The third-order valence-corrected chi connectivity index (χ3v) is 7.77. The molecule has 7 nitrogen and oxygen atoms in total. The van der Waals surface area contributed by atoms with Crippen molar-refractivity contribution < 1.29 is 9.59 Å². The van der Waals surface area contributed by atoms with Crippen LogP contribution in [0.1, 0.15) is 44.9 Å². The molecule has 5 rings (SSSR count). The smallest absolute Gasteiger partial charge is 0.242 e. The van der Waals surface area contributed by atoms with Crippen molar-refractivity contribution in [2.45, 2.75) is 50.5 Å². The zero-order chi connectivity index (χ0) is 19.8. The lowest BCUT2D eigenvalue weighted by molar-refractivity contribution is -0.141. The molecule has 29 heavy (non-hydrogen) atoms. The molecule has 0 bridgehead atoms. The summed E-state index contributed by atoms with van der Waals surface area (Å²) < 4.78 is 1.13. The monoisotopic (exact) mass is 413 g/mol. The Morgan fingerprint density at radius 2 is 1.93 bits per heavy atom. The van der Waals surface area contributed by atoms with Crippen molar-refractivity contribution in [2.75, 3.05) is 37.6 Å². The van der Waals surface area contributed by atoms with Crippen LogP contribution in [-0.2, 0) is 9.59 Å². The Bertz CT molecular complexity index is 925. The molecule has 2 aromatic heterocycles. The minimum Gasteiger partial charge on any atom is -0.355 e. The molecule has 3 saturated heterocycles. The first-order valence-electron chi connectivity index (χ1n) is 10.7. The van der Waals surface area contributed by atoms with Crippen LogP contribution in [-0.4, -0.2) is 69.8 Å². The van der Waals surface area contributed by atoms with Gasteiger partial charge in [0.1, 0.15) is 18.7 Å². The van der Waals surface area contributed by atoms with Gasteiger partial charge in [-0.3, -0.25) is 9.59 Å². The first-order chi connectivity index (χ1) is 14.2. The molecule has 0 aromatic carbocycles. The van der Waals surface area contributed by atoms with Gasteiger partial charge in [-0.2, -0.15) is 0 Å². The summed E-state index contributed by atoms with van der Waals surface area (Å²) in [4.78, 5) is 40.6. The number of nitrogens with zero attached hydrogens (tertiary/aromatic N) is 5. The van der Waals surface area contributed by atoms with Crippen molar-refractivity contribution in [3.05, 3.63) is 17.8 Å². The summed E-state index contributed by atoms with van der Waals surface area (Å²) in [6, 6.07) is 2.03. The minimum absolute atomic E-state index is 0.120. The van der Waals surface area contributed by atoms with E-state index >= 15 is 0 Å². The van der Waals surface area contributed by atoms with E-state index in [1.54, 1.807) is 17.7 Å². The highest BCUT2D eigenvalue weighted by molar-refractivity contribution is 7.17. The summed E-state index contributed by atoms with van der Waals surface area (Å²) in [5.74, 6) is 1.27. The summed E-state index contributed by atoms with van der Waals surface area (Å²) >= 11 is 1.68. The van der Waals surface area contributed by atoms with Crippen molar-refractivity contribution in [3.8, 4) is 0 Å². The van der Waals surface area contributed by atoms with Crippen molar-refractivity contribution in [1.82, 2.24) is 19.8 Å². The predicted molar refractivity (Wildman–Crippen MR) is 113 cm³/mol. The van der Waals surface area contributed by atoms with Gasteiger partial charge in [-0.1, -0.05) is 0 Å². The number of likely N-dealkylation sites (tertiary alicyclic amines) is 2. The van der Waals surface area contributed by atoms with Gasteiger partial charge in [-0.25, -0.2) is 9.97 Å². The van der Waals surface area contributed by atoms with Gasteiger partial charge in [-0.05, 0) is 50.0 Å². The molecule has 0 aliphatic carbocycles. The fraction of sp³-hybridized carbons (Fsp3) is 0.619. The Morgan fingerprint density at radius 1 is 1.07 bits per heavy atom. The third kappa shape index (κ3) is 3.37. The van der Waals surface area contributed by atoms with Crippen molar-refractivity contribution in [1.29, 1.82) is 0 Å². The van der Waals surface area contributed by atoms with Gasteiger partial charge < -0.3 is 14.7 Å². The van der Waals surface area contributed by atoms with E-state index in [4.69, 9.17) is 0 Å². The van der Waals surface area contributed by atoms with E-state index < -0.39 is 0 Å². The second kappa shape index (κ2) is 7.55. The molecular formula is C21H27N5O2S. The topological polar surface area (TPSA) is 69.6 Å². The van der Waals surface area contributed by atoms with Crippen molar-refractivity contribution in [2.24, 2.45) is 0 Å². The van der Waals surface area contributed by atoms with Crippen LogP contribution in [0.15, 0.2) is 17.8 Å². The lowest BCUT2D eigenvalue weighted by atomic mass is 9.87. The first kappa shape index (κ1) is 18.8. The second-order valence-corrected chi connectivity index (χ2v) is 9.38. The first-order valence-corrected chi connectivity index (χ1v) is 11.6. The van der Waals surface area contributed by atoms with Crippen molar-refractivity contribution >= 4 is 39.2 Å². The van der Waals surface area contributed by atoms with Crippen molar-refractivity contribution in [3.63, 3.8) is 0 Å². The molecular weight excluding hydrogens is 386 g/mol. The Kier molecular flexibility index (Phi) is 4.89. The molecule has 0 saturated carbocycles. The minimum atomic E-state index is -0.178. The van der Waals surface area contributed by atoms with Gasteiger partial charge in [0.2, 0.25) is 11.8 Å². The molecule has 3 aliphatic rings. The number of amides is 2. The molecule has 0 unspecified atom stereocenters. The maximum Gasteiger partial charge on any atom is 0.242 e. The van der Waals surface area contributed by atoms with Gasteiger partial charge in [0.25, 0.3) is 0 Å². The molecule has 3 fully saturated rings. The third-order valence-electron chi connectivity index (χ3n) is 6.87. The number of fused-ring (bicyclic) bond motifs is 1. The van der Waals surface area contributed by atoms with E-state index in [1.807, 2.05) is 15.9 Å². The molecule has 1 atom stereocenters. The highest BCUT2D eigenvalue weighted by Crippen LogP contribution is 2.40. The number of hydrogen-bond donors (Lipinski definition) is 0. The number of aromatic nitrogens is 2. The molecule has 0 N–H and O–H groups in total. The van der Waals surface area contributed by atoms with Crippen LogP contribution in [0.4, 0.5) is 5.82 Å². The number of carbonyl (C=O) groups is 2. The van der Waals surface area contributed by atoms with E-state index in [-0.39, 0.29) is 23.9 Å². The number of thiophene rings is 1. The van der Waals surface area contributed by atoms with E-state index in [2.05, 4.69) is 20.2 Å². The summed E-state index contributed by atoms with van der Waals surface area (Å²) in [5, 5.41) is 2.06. The van der Waals surface area contributed by atoms with Crippen LogP contribution in [0.2, 0.25) is 0 Å². The van der Waals surface area contributed by atoms with E-state index in [0.29, 0.717) is 6.42 Å². The van der Waals surface area contributed by atoms with Gasteiger partial charge in [0, 0.05) is 38.1 Å². The largest absolute Gasteiger partial charge is 0.355 e. The molecule has 0 radical (unpaired) electrons. The molecule has 1 spiro atoms. The molecule has 5 heterocycles. The summed E-state index contributed by atoms with van der Waals surface area (Å²) in [7, 11) is 0. The Labute approximate surface area is 174 Å². The Hall–Kier alpha value is -2.22. The highest BCUT2D eigenvalue weighted by Gasteiger charge is 2.46. The highest BCUT2D eigenvalue weighted by atomic mass is 32.1. The maximum atomic E-state index is 12.8. The maximum absolute atomic E-state index is 12.8. The number of hydrogen-bond acceptors (Lipinski definition) is 6. The Morgan fingerprint density at radius 3 is 2.79 bits per heavy atom. The number of anilines is 1. The average molecular weight is 414 g/mol. The normalized spacial score (nSPS) is 25.4. The molecule has 2 aromatic rings. The molecule has 2 amide bonds. The molecule has 3 aliphatic heterocycles. The summed E-state index contributed by atoms with van der Waals surface area (Å²) in [6.07, 6.45) is 8.08. The fourth-order valence-electron chi connectivity index (χ4n) is 5.24. The zero-order valence-electron chi connectivity index (χ0n) is 16.7. The van der Waals surface area contributed by atoms with Gasteiger partial charge in [0.15, 0.2) is 0 Å². The van der Waals surface area contributed by atoms with E-state index in [1.165, 1.54) is 0 Å². The predicted octanol–water partition coefficient (Wildman–Crippen LogP) is 2.67. The van der Waals surface area contributed by atoms with Crippen LogP contribution in [0.3, 0.4) is 0 Å².